The summed E-state index contributed by atoms with van der Waals surface area (Å²) in [5, 5.41) is 18.2. The fourth-order valence-electron chi connectivity index (χ4n) is 1.19. The molecule has 2 heteroatoms. The summed E-state index contributed by atoms with van der Waals surface area (Å²) in [6.45, 7) is 3.75. The van der Waals surface area contributed by atoms with E-state index in [0.29, 0.717) is 6.42 Å². The van der Waals surface area contributed by atoms with Crippen LogP contribution in [0, 0.1) is 0 Å². The van der Waals surface area contributed by atoms with Crippen LogP contribution in [0.15, 0.2) is 0 Å². The van der Waals surface area contributed by atoms with Crippen LogP contribution in [0.5, 0.6) is 0 Å². The number of aliphatic hydroxyl groups excluding tert-OH is 1. The first-order valence-corrected chi connectivity index (χ1v) is 4.95. The van der Waals surface area contributed by atoms with Crippen LogP contribution in [0.3, 0.4) is 0 Å². The van der Waals surface area contributed by atoms with Crippen LogP contribution in [0.4, 0.5) is 0 Å². The van der Waals surface area contributed by atoms with Gasteiger partial charge in [0.25, 0.3) is 0 Å². The molecule has 2 nitrogen and oxygen atoms in total. The third kappa shape index (κ3) is 6.62. The van der Waals surface area contributed by atoms with Crippen molar-refractivity contribution in [3.63, 3.8) is 0 Å². The highest BCUT2D eigenvalue weighted by atomic mass is 16.3. The van der Waals surface area contributed by atoms with Crippen LogP contribution in [-0.4, -0.2) is 22.4 Å². The number of aliphatic hydroxyl groups is 2. The van der Waals surface area contributed by atoms with E-state index in [-0.39, 0.29) is 6.61 Å². The Kier molecular flexibility index (Phi) is 6.39. The minimum absolute atomic E-state index is 0.124. The predicted molar refractivity (Wildman–Crippen MR) is 51.1 cm³/mol. The lowest BCUT2D eigenvalue weighted by atomic mass is 9.99. The van der Waals surface area contributed by atoms with Gasteiger partial charge in [0.15, 0.2) is 0 Å². The van der Waals surface area contributed by atoms with Crippen molar-refractivity contribution in [3.05, 3.63) is 0 Å². The Balaban J connectivity index is 3.19. The summed E-state index contributed by atoms with van der Waals surface area (Å²) in [6, 6.07) is 0. The topological polar surface area (TPSA) is 40.5 Å². The molecule has 0 aliphatic heterocycles. The zero-order chi connectivity index (χ0) is 9.45. The van der Waals surface area contributed by atoms with Crippen molar-refractivity contribution in [2.75, 3.05) is 6.61 Å². The third-order valence-electron chi connectivity index (χ3n) is 2.16. The van der Waals surface area contributed by atoms with Gasteiger partial charge in [0, 0.05) is 0 Å². The second-order valence-corrected chi connectivity index (χ2v) is 3.82. The zero-order valence-electron chi connectivity index (χ0n) is 8.34. The summed E-state index contributed by atoms with van der Waals surface area (Å²) >= 11 is 0. The van der Waals surface area contributed by atoms with Gasteiger partial charge in [0.1, 0.15) is 0 Å². The highest BCUT2D eigenvalue weighted by molar-refractivity contribution is 4.70. The number of hydrogen-bond donors (Lipinski definition) is 2. The summed E-state index contributed by atoms with van der Waals surface area (Å²) in [6.07, 6.45) is 6.68. The molecule has 0 saturated carbocycles. The summed E-state index contributed by atoms with van der Waals surface area (Å²) < 4.78 is 0. The molecule has 2 N–H and O–H groups in total. The summed E-state index contributed by atoms with van der Waals surface area (Å²) in [4.78, 5) is 0. The van der Waals surface area contributed by atoms with Crippen molar-refractivity contribution in [3.8, 4) is 0 Å². The molecule has 0 spiro atoms. The highest BCUT2D eigenvalue weighted by Gasteiger charge is 2.17. The predicted octanol–water partition coefficient (Wildman–Crippen LogP) is 2.09. The first kappa shape index (κ1) is 11.9. The van der Waals surface area contributed by atoms with Gasteiger partial charge in [-0.2, -0.15) is 0 Å². The monoisotopic (exact) mass is 174 g/mol. The van der Waals surface area contributed by atoms with E-state index >= 15 is 0 Å². The molecule has 0 bridgehead atoms. The van der Waals surface area contributed by atoms with E-state index in [1.165, 1.54) is 25.7 Å². The Morgan fingerprint density at radius 2 is 1.67 bits per heavy atom. The van der Waals surface area contributed by atoms with Crippen molar-refractivity contribution in [1.29, 1.82) is 0 Å². The normalized spacial score (nSPS) is 16.0. The van der Waals surface area contributed by atoms with Gasteiger partial charge in [0.05, 0.1) is 12.2 Å². The maximum absolute atomic E-state index is 9.43. The molecular formula is C10H22O2. The molecule has 0 amide bonds. The van der Waals surface area contributed by atoms with E-state index in [2.05, 4.69) is 6.92 Å². The Labute approximate surface area is 75.6 Å². The fourth-order valence-corrected chi connectivity index (χ4v) is 1.19. The Morgan fingerprint density at radius 3 is 2.17 bits per heavy atom. The fraction of sp³-hybridized carbons (Fsp3) is 1.00. The molecule has 0 aromatic heterocycles. The molecule has 0 aromatic rings. The molecule has 0 saturated heterocycles. The van der Waals surface area contributed by atoms with Gasteiger partial charge >= 0.3 is 0 Å². The second kappa shape index (κ2) is 6.44. The lowest BCUT2D eigenvalue weighted by Crippen LogP contribution is -2.28. The maximum atomic E-state index is 9.43. The first-order chi connectivity index (χ1) is 5.62. The number of unbranched alkanes of at least 4 members (excludes halogenated alkanes) is 4. The van der Waals surface area contributed by atoms with Crippen LogP contribution >= 0.6 is 0 Å². The third-order valence-corrected chi connectivity index (χ3v) is 2.16. The minimum atomic E-state index is -0.855. The smallest absolute Gasteiger partial charge is 0.0849 e. The summed E-state index contributed by atoms with van der Waals surface area (Å²) in [7, 11) is 0. The molecule has 0 aliphatic carbocycles. The Morgan fingerprint density at radius 1 is 1.08 bits per heavy atom. The molecule has 0 aromatic carbocycles. The average molecular weight is 174 g/mol. The zero-order valence-corrected chi connectivity index (χ0v) is 8.34. The molecular weight excluding hydrogens is 152 g/mol. The molecule has 0 fully saturated rings. The molecule has 0 rings (SSSR count). The van der Waals surface area contributed by atoms with Crippen LogP contribution in [0.25, 0.3) is 0 Å². The van der Waals surface area contributed by atoms with E-state index in [0.717, 1.165) is 6.42 Å². The van der Waals surface area contributed by atoms with Crippen LogP contribution < -0.4 is 0 Å². The van der Waals surface area contributed by atoms with E-state index < -0.39 is 5.60 Å². The van der Waals surface area contributed by atoms with Gasteiger partial charge in [-0.05, 0) is 13.3 Å². The van der Waals surface area contributed by atoms with Crippen LogP contribution in [0.2, 0.25) is 0 Å². The minimum Gasteiger partial charge on any atom is -0.393 e. The van der Waals surface area contributed by atoms with Gasteiger partial charge in [-0.3, -0.25) is 0 Å². The van der Waals surface area contributed by atoms with E-state index in [4.69, 9.17) is 5.11 Å². The first-order valence-electron chi connectivity index (χ1n) is 4.95. The average Bonchev–Trinajstić information content (AvgIpc) is 2.04. The van der Waals surface area contributed by atoms with Crippen molar-refractivity contribution in [2.24, 2.45) is 0 Å². The van der Waals surface area contributed by atoms with Gasteiger partial charge in [0.2, 0.25) is 0 Å². The molecule has 0 aliphatic rings. The van der Waals surface area contributed by atoms with Crippen molar-refractivity contribution in [1.82, 2.24) is 0 Å². The molecule has 0 radical (unpaired) electrons. The van der Waals surface area contributed by atoms with E-state index in [1.54, 1.807) is 6.92 Å². The maximum Gasteiger partial charge on any atom is 0.0849 e. The lowest BCUT2D eigenvalue weighted by Gasteiger charge is -2.19. The number of rotatable bonds is 7. The Bertz CT molecular complexity index is 100. The number of hydrogen-bond acceptors (Lipinski definition) is 2. The van der Waals surface area contributed by atoms with Gasteiger partial charge in [-0.1, -0.05) is 39.0 Å². The quantitative estimate of drug-likeness (QED) is 0.580. The largest absolute Gasteiger partial charge is 0.393 e. The van der Waals surface area contributed by atoms with Crippen molar-refractivity contribution in [2.45, 2.75) is 58.0 Å². The molecule has 0 unspecified atom stereocenters. The standard InChI is InChI=1S/C10H22O2/c1-3-4-5-6-7-8-10(2,12)9-11/h11-12H,3-9H2,1-2H3/t10-/m1/s1. The summed E-state index contributed by atoms with van der Waals surface area (Å²) in [5.74, 6) is 0. The van der Waals surface area contributed by atoms with E-state index in [9.17, 15) is 5.11 Å². The molecule has 12 heavy (non-hydrogen) atoms. The molecule has 0 heterocycles. The Hall–Kier alpha value is -0.0800. The molecule has 74 valence electrons. The molecule has 1 atom stereocenters. The van der Waals surface area contributed by atoms with Gasteiger partial charge < -0.3 is 10.2 Å². The van der Waals surface area contributed by atoms with Gasteiger partial charge in [-0.15, -0.1) is 0 Å². The van der Waals surface area contributed by atoms with E-state index in [1.807, 2.05) is 0 Å². The lowest BCUT2D eigenvalue weighted by molar-refractivity contribution is -0.00694. The van der Waals surface area contributed by atoms with Crippen LogP contribution in [0.1, 0.15) is 52.4 Å². The SMILES string of the molecule is CCCCCCC[C@@](C)(O)CO. The van der Waals surface area contributed by atoms with Crippen molar-refractivity contribution < 1.29 is 10.2 Å². The van der Waals surface area contributed by atoms with Crippen LogP contribution in [-0.2, 0) is 0 Å². The summed E-state index contributed by atoms with van der Waals surface area (Å²) in [5.41, 5.74) is -0.855. The van der Waals surface area contributed by atoms with Gasteiger partial charge in [-0.25, -0.2) is 0 Å². The second-order valence-electron chi connectivity index (χ2n) is 3.82. The highest BCUT2D eigenvalue weighted by Crippen LogP contribution is 2.14. The van der Waals surface area contributed by atoms with Crippen molar-refractivity contribution >= 4 is 0 Å².